The van der Waals surface area contributed by atoms with E-state index in [0.29, 0.717) is 4.22 Å². The zero-order valence-electron chi connectivity index (χ0n) is 10.3. The fraction of sp³-hybridized carbons (Fsp3) is 0.385. The average molecular weight is 306 g/mol. The van der Waals surface area contributed by atoms with Crippen LogP contribution < -0.4 is 28.6 Å². The van der Waals surface area contributed by atoms with E-state index in [1.807, 2.05) is 0 Å². The quantitative estimate of drug-likeness (QED) is 0.580. The van der Waals surface area contributed by atoms with E-state index in [1.54, 1.807) is 0 Å². The van der Waals surface area contributed by atoms with Crippen molar-refractivity contribution in [3.8, 4) is 0 Å². The second-order valence-electron chi connectivity index (χ2n) is 4.99. The Morgan fingerprint density at radius 3 is 2.41 bits per heavy atom. The normalized spacial score (nSPS) is 16.5. The third-order valence-electron chi connectivity index (χ3n) is 2.40. The molecule has 0 aromatic heterocycles. The molecule has 1 N–H and O–H groups in total. The van der Waals surface area contributed by atoms with Crippen LogP contribution in [-0.4, -0.2) is 5.54 Å². The Morgan fingerprint density at radius 1 is 1.12 bits per heavy atom. The van der Waals surface area contributed by atoms with Gasteiger partial charge in [-0.05, 0) is 0 Å². The second kappa shape index (κ2) is 6.96. The van der Waals surface area contributed by atoms with Crippen LogP contribution in [0.2, 0.25) is 0 Å². The first-order chi connectivity index (χ1) is 7.06. The van der Waals surface area contributed by atoms with E-state index in [1.165, 1.54) is 11.1 Å². The van der Waals surface area contributed by atoms with Crippen molar-refractivity contribution in [3.05, 3.63) is 41.5 Å². The van der Waals surface area contributed by atoms with E-state index in [4.69, 9.17) is 0 Å². The zero-order valence-corrected chi connectivity index (χ0v) is 13.4. The molecular formula is C13H17Cl2NTi. The van der Waals surface area contributed by atoms with Crippen molar-refractivity contribution in [1.82, 2.24) is 3.80 Å². The van der Waals surface area contributed by atoms with Crippen LogP contribution in [0.1, 0.15) is 36.1 Å². The van der Waals surface area contributed by atoms with E-state index < -0.39 is 0 Å². The van der Waals surface area contributed by atoms with Gasteiger partial charge in [-0.15, -0.1) is 0 Å². The van der Waals surface area contributed by atoms with Gasteiger partial charge in [0.05, 0.1) is 0 Å². The van der Waals surface area contributed by atoms with Crippen LogP contribution in [0.3, 0.4) is 0 Å². The molecule has 4 heteroatoms. The maximum Gasteiger partial charge on any atom is -1.00 e. The molecule has 2 rings (SSSR count). The number of hydrogen-bond donors (Lipinski definition) is 1. The molecule has 0 saturated heterocycles. The third kappa shape index (κ3) is 4.77. The standard InChI is InChI=1S/C9H7.C4H10N.2ClH.Ti/c1-2-5-9-7-3-6-8(9)4-1;1-4(2,3)5;;;/h1-7H;5H,1-3H3;2*1H;/q;-1;;;+3/p-2. The molecular weight excluding hydrogens is 289 g/mol. The summed E-state index contributed by atoms with van der Waals surface area (Å²) >= 11 is -0.133. The molecule has 1 aromatic carbocycles. The molecule has 1 nitrogen and oxygen atoms in total. The minimum Gasteiger partial charge on any atom is -1.00 e. The van der Waals surface area contributed by atoms with Crippen LogP contribution in [0.15, 0.2) is 30.3 Å². The summed E-state index contributed by atoms with van der Waals surface area (Å²) in [4.78, 5) is 0. The first-order valence-corrected chi connectivity index (χ1v) is 7.04. The van der Waals surface area contributed by atoms with Gasteiger partial charge in [-0.1, -0.05) is 0 Å². The Bertz CT molecular complexity index is 385. The Balaban J connectivity index is 0.00000128. The summed E-state index contributed by atoms with van der Waals surface area (Å²) in [5.41, 5.74) is 3.17. The van der Waals surface area contributed by atoms with Crippen molar-refractivity contribution >= 4 is 6.08 Å². The third-order valence-corrected chi connectivity index (χ3v) is 5.07. The van der Waals surface area contributed by atoms with Crippen LogP contribution in [0.4, 0.5) is 0 Å². The van der Waals surface area contributed by atoms with Gasteiger partial charge >= 0.3 is 101 Å². The molecule has 1 atom stereocenters. The van der Waals surface area contributed by atoms with Gasteiger partial charge in [0.2, 0.25) is 0 Å². The number of halogens is 2. The Morgan fingerprint density at radius 2 is 1.76 bits per heavy atom. The van der Waals surface area contributed by atoms with Gasteiger partial charge in [0.25, 0.3) is 0 Å². The Hall–Kier alpha value is 0.214. The van der Waals surface area contributed by atoms with Gasteiger partial charge in [-0.3, -0.25) is 0 Å². The summed E-state index contributed by atoms with van der Waals surface area (Å²) in [7, 11) is 0. The maximum absolute atomic E-state index is 3.68. The molecule has 0 amide bonds. The van der Waals surface area contributed by atoms with Crippen LogP contribution in [0.5, 0.6) is 0 Å². The van der Waals surface area contributed by atoms with Crippen molar-refractivity contribution in [1.29, 1.82) is 0 Å². The molecule has 0 spiro atoms. The monoisotopic (exact) mass is 305 g/mol. The van der Waals surface area contributed by atoms with Gasteiger partial charge in [0.15, 0.2) is 0 Å². The summed E-state index contributed by atoms with van der Waals surface area (Å²) in [5, 5.41) is 0. The number of fused-ring (bicyclic) bond motifs is 1. The number of hydrogen-bond acceptors (Lipinski definition) is 1. The SMILES string of the molecule is CC(C)(C)[NH][Ti+2][CH]1C=Cc2ccccc21.[Cl-].[Cl-]. The van der Waals surface area contributed by atoms with Gasteiger partial charge in [0, 0.05) is 0 Å². The van der Waals surface area contributed by atoms with Crippen LogP contribution in [-0.2, 0) is 19.4 Å². The first-order valence-electron chi connectivity index (χ1n) is 5.36. The predicted molar refractivity (Wildman–Crippen MR) is 61.1 cm³/mol. The maximum atomic E-state index is 3.68. The van der Waals surface area contributed by atoms with E-state index in [2.05, 4.69) is 61.0 Å². The molecule has 0 bridgehead atoms. The molecule has 0 heterocycles. The summed E-state index contributed by atoms with van der Waals surface area (Å²) in [6.07, 6.45) is 4.61. The zero-order chi connectivity index (χ0) is 10.9. The molecule has 1 unspecified atom stereocenters. The van der Waals surface area contributed by atoms with Gasteiger partial charge in [0.1, 0.15) is 0 Å². The van der Waals surface area contributed by atoms with Gasteiger partial charge in [-0.25, -0.2) is 0 Å². The summed E-state index contributed by atoms with van der Waals surface area (Å²) < 4.78 is 4.35. The topological polar surface area (TPSA) is 12.0 Å². The van der Waals surface area contributed by atoms with Crippen molar-refractivity contribution in [2.24, 2.45) is 0 Å². The largest absolute Gasteiger partial charge is 1.00 e. The Kier molecular flexibility index (Phi) is 7.05. The van der Waals surface area contributed by atoms with Gasteiger partial charge < -0.3 is 24.8 Å². The average Bonchev–Trinajstić information content (AvgIpc) is 2.57. The molecule has 0 saturated carbocycles. The predicted octanol–water partition coefficient (Wildman–Crippen LogP) is -2.85. The molecule has 0 radical (unpaired) electrons. The minimum atomic E-state index is -0.133. The Labute approximate surface area is 126 Å². The minimum absolute atomic E-state index is 0. The summed E-state index contributed by atoms with van der Waals surface area (Å²) in [6, 6.07) is 8.72. The number of benzene rings is 1. The fourth-order valence-electron chi connectivity index (χ4n) is 1.67. The molecule has 92 valence electrons. The van der Waals surface area contributed by atoms with Crippen molar-refractivity contribution in [2.75, 3.05) is 0 Å². The molecule has 0 aliphatic heterocycles. The van der Waals surface area contributed by atoms with E-state index >= 15 is 0 Å². The van der Waals surface area contributed by atoms with Crippen molar-refractivity contribution < 1.29 is 44.2 Å². The van der Waals surface area contributed by atoms with E-state index in [9.17, 15) is 0 Å². The van der Waals surface area contributed by atoms with Crippen molar-refractivity contribution in [2.45, 2.75) is 30.5 Å². The van der Waals surface area contributed by atoms with E-state index in [0.717, 1.165) is 0 Å². The van der Waals surface area contributed by atoms with Crippen LogP contribution in [0, 0.1) is 0 Å². The van der Waals surface area contributed by atoms with E-state index in [-0.39, 0.29) is 49.8 Å². The smallest absolute Gasteiger partial charge is 1.00 e. The molecule has 17 heavy (non-hydrogen) atoms. The van der Waals surface area contributed by atoms with Gasteiger partial charge in [-0.2, -0.15) is 0 Å². The van der Waals surface area contributed by atoms with Crippen molar-refractivity contribution in [3.63, 3.8) is 0 Å². The number of rotatable bonds is 2. The summed E-state index contributed by atoms with van der Waals surface area (Å²) in [5.74, 6) is 0. The second-order valence-corrected chi connectivity index (χ2v) is 6.80. The van der Waals surface area contributed by atoms with Crippen LogP contribution in [0.25, 0.3) is 6.08 Å². The first kappa shape index (κ1) is 17.2. The molecule has 1 aliphatic carbocycles. The number of nitrogens with one attached hydrogen (secondary N) is 1. The molecule has 1 aliphatic rings. The summed E-state index contributed by atoms with van der Waals surface area (Å²) in [6.45, 7) is 6.71. The fourth-order valence-corrected chi connectivity index (χ4v) is 3.54. The van der Waals surface area contributed by atoms with Crippen LogP contribution >= 0.6 is 0 Å². The molecule has 1 aromatic rings. The number of allylic oxidation sites excluding steroid dienone is 1. The molecule has 0 fully saturated rings.